The zero-order valence-corrected chi connectivity index (χ0v) is 15.6. The predicted molar refractivity (Wildman–Crippen MR) is 102 cm³/mol. The Labute approximate surface area is 158 Å². The van der Waals surface area contributed by atoms with Gasteiger partial charge in [-0.05, 0) is 40.1 Å². The van der Waals surface area contributed by atoms with Crippen LogP contribution in [-0.4, -0.2) is 23.5 Å². The Balaban J connectivity index is 1.39. The first kappa shape index (κ1) is 16.6. The van der Waals surface area contributed by atoms with E-state index in [0.717, 1.165) is 34.6 Å². The molecule has 0 bridgehead atoms. The molecule has 1 N–H and O–H groups in total. The van der Waals surface area contributed by atoms with E-state index in [-0.39, 0.29) is 12.0 Å². The molecule has 25 heavy (non-hydrogen) atoms. The Kier molecular flexibility index (Phi) is 4.74. The molecule has 3 heterocycles. The summed E-state index contributed by atoms with van der Waals surface area (Å²) in [6, 6.07) is 6.14. The van der Waals surface area contributed by atoms with Crippen LogP contribution in [0.25, 0.3) is 11.1 Å². The molecule has 4 rings (SSSR count). The van der Waals surface area contributed by atoms with Crippen molar-refractivity contribution in [2.24, 2.45) is 0 Å². The molecule has 0 spiro atoms. The quantitative estimate of drug-likeness (QED) is 0.710. The number of fused-ring (bicyclic) bond motifs is 1. The number of halogens is 1. The highest BCUT2D eigenvalue weighted by atomic mass is 35.5. The molecule has 1 aliphatic heterocycles. The second-order valence-corrected chi connectivity index (χ2v) is 7.77. The summed E-state index contributed by atoms with van der Waals surface area (Å²) in [4.78, 5) is 16.1. The number of hydrogen-bond acceptors (Lipinski definition) is 5. The fourth-order valence-electron chi connectivity index (χ4n) is 2.88. The molecule has 1 aromatic carbocycles. The first-order valence-electron chi connectivity index (χ1n) is 7.84. The van der Waals surface area contributed by atoms with Gasteiger partial charge in [0.2, 0.25) is 5.91 Å². The summed E-state index contributed by atoms with van der Waals surface area (Å²) in [6.07, 6.45) is 0.945. The van der Waals surface area contributed by atoms with Crippen molar-refractivity contribution in [3.05, 3.63) is 56.1 Å². The van der Waals surface area contributed by atoms with Gasteiger partial charge in [0.25, 0.3) is 0 Å². The number of thiazole rings is 1. The molecule has 1 unspecified atom stereocenters. The van der Waals surface area contributed by atoms with Crippen LogP contribution in [-0.2, 0) is 17.6 Å². The van der Waals surface area contributed by atoms with Crippen LogP contribution in [0.15, 0.2) is 39.8 Å². The van der Waals surface area contributed by atoms with E-state index in [0.29, 0.717) is 18.0 Å². The topological polar surface area (TPSA) is 51.2 Å². The number of aromatic nitrogens is 1. The second kappa shape index (κ2) is 7.15. The van der Waals surface area contributed by atoms with Gasteiger partial charge in [-0.2, -0.15) is 11.3 Å². The zero-order valence-electron chi connectivity index (χ0n) is 13.2. The van der Waals surface area contributed by atoms with E-state index in [4.69, 9.17) is 16.3 Å². The van der Waals surface area contributed by atoms with Crippen molar-refractivity contribution in [2.75, 3.05) is 6.54 Å². The lowest BCUT2D eigenvalue weighted by atomic mass is 10.0. The van der Waals surface area contributed by atoms with Gasteiger partial charge in [-0.15, -0.1) is 11.3 Å². The number of carbonyl (C=O) groups excluding carboxylic acids is 1. The molecule has 128 valence electrons. The van der Waals surface area contributed by atoms with E-state index in [9.17, 15) is 4.79 Å². The van der Waals surface area contributed by atoms with Crippen molar-refractivity contribution in [2.45, 2.75) is 18.9 Å². The molecule has 2 aromatic heterocycles. The van der Waals surface area contributed by atoms with Gasteiger partial charge >= 0.3 is 0 Å². The molecule has 4 nitrogen and oxygen atoms in total. The molecule has 0 saturated heterocycles. The average molecular weight is 391 g/mol. The van der Waals surface area contributed by atoms with E-state index in [2.05, 4.69) is 27.8 Å². The molecular formula is C18H15ClN2O2S2. The smallest absolute Gasteiger partial charge is 0.226 e. The predicted octanol–water partition coefficient (Wildman–Crippen LogP) is 4.19. The third kappa shape index (κ3) is 3.71. The SMILES string of the molecule is O=C(Cc1cscn1)NCC1Cc2cc(-c3ccsc3)cc(Cl)c2O1. The summed E-state index contributed by atoms with van der Waals surface area (Å²) in [7, 11) is 0. The Morgan fingerprint density at radius 1 is 1.32 bits per heavy atom. The van der Waals surface area contributed by atoms with E-state index >= 15 is 0 Å². The highest BCUT2D eigenvalue weighted by Gasteiger charge is 2.26. The molecule has 0 radical (unpaired) electrons. The lowest BCUT2D eigenvalue weighted by Gasteiger charge is -2.12. The normalized spacial score (nSPS) is 15.6. The lowest BCUT2D eigenvalue weighted by Crippen LogP contribution is -2.35. The fraction of sp³-hybridized carbons (Fsp3) is 0.222. The maximum absolute atomic E-state index is 12.0. The number of nitrogens with one attached hydrogen (secondary N) is 1. The zero-order chi connectivity index (χ0) is 17.2. The van der Waals surface area contributed by atoms with Crippen LogP contribution in [0.5, 0.6) is 5.75 Å². The van der Waals surface area contributed by atoms with E-state index in [1.165, 1.54) is 11.3 Å². The average Bonchev–Trinajstić information content (AvgIpc) is 3.34. The molecule has 0 saturated carbocycles. The van der Waals surface area contributed by atoms with Crippen LogP contribution in [0, 0.1) is 0 Å². The standard InChI is InChI=1S/C18H15ClN2O2S2/c19-16-5-12(11-1-2-24-8-11)3-13-4-15(23-18(13)16)7-20-17(22)6-14-9-25-10-21-14/h1-3,5,8-10,15H,4,6-7H2,(H,20,22). The van der Waals surface area contributed by atoms with Crippen LogP contribution in [0.1, 0.15) is 11.3 Å². The van der Waals surface area contributed by atoms with E-state index in [1.54, 1.807) is 16.8 Å². The van der Waals surface area contributed by atoms with Gasteiger partial charge < -0.3 is 10.1 Å². The molecular weight excluding hydrogens is 376 g/mol. The second-order valence-electron chi connectivity index (χ2n) is 5.86. The van der Waals surface area contributed by atoms with Gasteiger partial charge in [-0.1, -0.05) is 11.6 Å². The minimum Gasteiger partial charge on any atom is -0.486 e. The third-order valence-corrected chi connectivity index (χ3v) is 5.66. The third-order valence-electron chi connectivity index (χ3n) is 4.06. The van der Waals surface area contributed by atoms with E-state index < -0.39 is 0 Å². The monoisotopic (exact) mass is 390 g/mol. The molecule has 1 atom stereocenters. The fourth-order valence-corrected chi connectivity index (χ4v) is 4.38. The van der Waals surface area contributed by atoms with Crippen LogP contribution in [0.4, 0.5) is 0 Å². The van der Waals surface area contributed by atoms with Crippen molar-refractivity contribution in [1.82, 2.24) is 10.3 Å². The van der Waals surface area contributed by atoms with Crippen LogP contribution < -0.4 is 10.1 Å². The first-order chi connectivity index (χ1) is 12.2. The number of thiophene rings is 1. The van der Waals surface area contributed by atoms with Gasteiger partial charge in [0, 0.05) is 17.4 Å². The molecule has 3 aromatic rings. The number of ether oxygens (including phenoxy) is 1. The van der Waals surface area contributed by atoms with Crippen molar-refractivity contribution in [3.63, 3.8) is 0 Å². The van der Waals surface area contributed by atoms with Gasteiger partial charge in [-0.25, -0.2) is 4.98 Å². The maximum Gasteiger partial charge on any atom is 0.226 e. The minimum absolute atomic E-state index is 0.0458. The number of amides is 1. The highest BCUT2D eigenvalue weighted by Crippen LogP contribution is 2.39. The minimum atomic E-state index is -0.0930. The molecule has 0 fully saturated rings. The molecule has 1 amide bonds. The van der Waals surface area contributed by atoms with Gasteiger partial charge in [0.1, 0.15) is 11.9 Å². The summed E-state index contributed by atoms with van der Waals surface area (Å²) in [6.45, 7) is 0.460. The van der Waals surface area contributed by atoms with Crippen LogP contribution in [0.2, 0.25) is 5.02 Å². The van der Waals surface area contributed by atoms with Crippen molar-refractivity contribution >= 4 is 40.2 Å². The summed E-state index contributed by atoms with van der Waals surface area (Å²) >= 11 is 9.55. The van der Waals surface area contributed by atoms with E-state index in [1.807, 2.05) is 16.8 Å². The number of hydrogen-bond donors (Lipinski definition) is 1. The van der Waals surface area contributed by atoms with Gasteiger partial charge in [-0.3, -0.25) is 4.79 Å². The largest absolute Gasteiger partial charge is 0.486 e. The summed E-state index contributed by atoms with van der Waals surface area (Å²) in [5, 5.41) is 9.57. The molecule has 7 heteroatoms. The summed E-state index contributed by atoms with van der Waals surface area (Å²) < 4.78 is 5.94. The Bertz CT molecular complexity index is 879. The number of benzene rings is 1. The van der Waals surface area contributed by atoms with Gasteiger partial charge in [0.15, 0.2) is 0 Å². The summed E-state index contributed by atoms with van der Waals surface area (Å²) in [5.41, 5.74) is 5.87. The number of rotatable bonds is 5. The molecule has 0 aliphatic carbocycles. The van der Waals surface area contributed by atoms with Gasteiger partial charge in [0.05, 0.1) is 29.2 Å². The Hall–Kier alpha value is -1.89. The molecule has 1 aliphatic rings. The van der Waals surface area contributed by atoms with Crippen molar-refractivity contribution in [1.29, 1.82) is 0 Å². The summed E-state index contributed by atoms with van der Waals surface area (Å²) in [5.74, 6) is 0.690. The number of carbonyl (C=O) groups is 1. The lowest BCUT2D eigenvalue weighted by molar-refractivity contribution is -0.120. The van der Waals surface area contributed by atoms with Crippen molar-refractivity contribution in [3.8, 4) is 16.9 Å². The maximum atomic E-state index is 12.0. The Morgan fingerprint density at radius 2 is 2.24 bits per heavy atom. The Morgan fingerprint density at radius 3 is 3.00 bits per heavy atom. The van der Waals surface area contributed by atoms with Crippen LogP contribution >= 0.6 is 34.3 Å². The highest BCUT2D eigenvalue weighted by molar-refractivity contribution is 7.08. The first-order valence-corrected chi connectivity index (χ1v) is 10.1. The van der Waals surface area contributed by atoms with Crippen molar-refractivity contribution < 1.29 is 9.53 Å². The number of nitrogens with zero attached hydrogens (tertiary/aromatic N) is 1. The van der Waals surface area contributed by atoms with Crippen LogP contribution in [0.3, 0.4) is 0 Å².